The summed E-state index contributed by atoms with van der Waals surface area (Å²) in [4.78, 5) is 10.9. The molecule has 6 nitrogen and oxygen atoms in total. The lowest BCUT2D eigenvalue weighted by atomic mass is 10.2. The van der Waals surface area contributed by atoms with Crippen LogP contribution in [0.4, 0.5) is 0 Å². The first kappa shape index (κ1) is 13.9. The molecule has 3 N–H and O–H groups in total. The number of amides is 1. The molecule has 0 atom stereocenters. The van der Waals surface area contributed by atoms with Crippen molar-refractivity contribution < 1.29 is 13.9 Å². The largest absolute Gasteiger partial charge is 0.488 e. The quantitative estimate of drug-likeness (QED) is 0.362. The van der Waals surface area contributed by atoms with Crippen LogP contribution in [-0.4, -0.2) is 12.5 Å². The van der Waals surface area contributed by atoms with E-state index in [1.807, 2.05) is 24.3 Å². The molecule has 0 aliphatic rings. The zero-order valence-electron chi connectivity index (χ0n) is 10.9. The van der Waals surface area contributed by atoms with Crippen molar-refractivity contribution in [3.8, 4) is 11.8 Å². The number of ether oxygens (including phenoxy) is 1. The average Bonchev–Trinajstić information content (AvgIpc) is 2.84. The Hall–Kier alpha value is -2.52. The fraction of sp³-hybridized carbons (Fsp3) is 0.286. The molecule has 0 saturated heterocycles. The zero-order valence-corrected chi connectivity index (χ0v) is 10.9. The van der Waals surface area contributed by atoms with Crippen LogP contribution in [0.15, 0.2) is 28.7 Å². The van der Waals surface area contributed by atoms with Gasteiger partial charge in [0.05, 0.1) is 12.0 Å². The number of nitrogens with one attached hydrogen (secondary N) is 1. The van der Waals surface area contributed by atoms with Crippen LogP contribution < -0.4 is 16.0 Å². The standard InChI is InChI=1S/C14H15N3O3/c15-9-12-14(10-5-1-2-6-11(10)20-12)19-8-4-3-7-13(18)17-16/h1-2,5-6H,3-4,7-8,16H2,(H,17,18). The van der Waals surface area contributed by atoms with E-state index in [4.69, 9.17) is 20.3 Å². The SMILES string of the molecule is N#Cc1oc2ccccc2c1OCCCCC(=O)NN. The third-order valence-corrected chi connectivity index (χ3v) is 2.86. The van der Waals surface area contributed by atoms with E-state index < -0.39 is 0 Å². The number of hydrazine groups is 1. The van der Waals surface area contributed by atoms with E-state index in [2.05, 4.69) is 5.43 Å². The first-order chi connectivity index (χ1) is 9.76. The van der Waals surface area contributed by atoms with Gasteiger partial charge in [-0.2, -0.15) is 5.26 Å². The van der Waals surface area contributed by atoms with Crippen molar-refractivity contribution in [2.45, 2.75) is 19.3 Å². The Morgan fingerprint density at radius 2 is 2.20 bits per heavy atom. The first-order valence-electron chi connectivity index (χ1n) is 6.30. The maximum atomic E-state index is 10.9. The van der Waals surface area contributed by atoms with E-state index in [1.165, 1.54) is 0 Å². The molecule has 6 heteroatoms. The maximum Gasteiger partial charge on any atom is 0.246 e. The van der Waals surface area contributed by atoms with Crippen molar-refractivity contribution in [3.63, 3.8) is 0 Å². The Balaban J connectivity index is 1.96. The number of hydrogen-bond donors (Lipinski definition) is 2. The van der Waals surface area contributed by atoms with Crippen LogP contribution in [0, 0.1) is 11.3 Å². The summed E-state index contributed by atoms with van der Waals surface area (Å²) in [6.07, 6.45) is 1.72. The van der Waals surface area contributed by atoms with E-state index >= 15 is 0 Å². The van der Waals surface area contributed by atoms with Gasteiger partial charge < -0.3 is 9.15 Å². The van der Waals surface area contributed by atoms with Crippen LogP contribution in [0.3, 0.4) is 0 Å². The van der Waals surface area contributed by atoms with Crippen LogP contribution in [0.5, 0.6) is 5.75 Å². The first-order valence-corrected chi connectivity index (χ1v) is 6.30. The van der Waals surface area contributed by atoms with Crippen molar-refractivity contribution >= 4 is 16.9 Å². The molecule has 0 spiro atoms. The number of furan rings is 1. The fourth-order valence-corrected chi connectivity index (χ4v) is 1.87. The molecule has 2 aromatic rings. The van der Waals surface area contributed by atoms with Crippen LogP contribution in [0.25, 0.3) is 11.0 Å². The summed E-state index contributed by atoms with van der Waals surface area (Å²) < 4.78 is 11.0. The third-order valence-electron chi connectivity index (χ3n) is 2.86. The number of nitriles is 1. The Kier molecular flexibility index (Phi) is 4.58. The van der Waals surface area contributed by atoms with Gasteiger partial charge in [0.2, 0.25) is 11.7 Å². The van der Waals surface area contributed by atoms with Gasteiger partial charge in [-0.1, -0.05) is 12.1 Å². The van der Waals surface area contributed by atoms with Crippen LogP contribution in [0.1, 0.15) is 25.0 Å². The molecule has 0 aliphatic heterocycles. The number of benzene rings is 1. The summed E-state index contributed by atoms with van der Waals surface area (Å²) in [7, 11) is 0. The summed E-state index contributed by atoms with van der Waals surface area (Å²) in [5, 5.41) is 9.82. The van der Waals surface area contributed by atoms with Gasteiger partial charge in [0.1, 0.15) is 11.7 Å². The molecule has 1 amide bonds. The average molecular weight is 273 g/mol. The highest BCUT2D eigenvalue weighted by molar-refractivity contribution is 5.86. The number of carbonyl (C=O) groups excluding carboxylic acids is 1. The van der Waals surface area contributed by atoms with E-state index in [1.54, 1.807) is 6.07 Å². The molecule has 1 aromatic carbocycles. The van der Waals surface area contributed by atoms with Gasteiger partial charge in [0, 0.05) is 6.42 Å². The van der Waals surface area contributed by atoms with Gasteiger partial charge in [-0.15, -0.1) is 0 Å². The Bertz CT molecular complexity index is 643. The Labute approximate surface area is 116 Å². The minimum absolute atomic E-state index is 0.172. The monoisotopic (exact) mass is 273 g/mol. The van der Waals surface area contributed by atoms with Gasteiger partial charge in [-0.3, -0.25) is 10.2 Å². The summed E-state index contributed by atoms with van der Waals surface area (Å²) >= 11 is 0. The van der Waals surface area contributed by atoms with E-state index in [-0.39, 0.29) is 11.7 Å². The molecular formula is C14H15N3O3. The lowest BCUT2D eigenvalue weighted by Crippen LogP contribution is -2.29. The third kappa shape index (κ3) is 3.08. The van der Waals surface area contributed by atoms with Gasteiger partial charge in [-0.05, 0) is 25.0 Å². The highest BCUT2D eigenvalue weighted by atomic mass is 16.5. The number of carbonyl (C=O) groups is 1. The van der Waals surface area contributed by atoms with Gasteiger partial charge in [-0.25, -0.2) is 5.84 Å². The molecule has 0 fully saturated rings. The molecule has 2 rings (SSSR count). The number of nitrogens with zero attached hydrogens (tertiary/aromatic N) is 1. The molecule has 20 heavy (non-hydrogen) atoms. The second-order valence-electron chi connectivity index (χ2n) is 4.24. The molecule has 0 aliphatic carbocycles. The number of para-hydroxylation sites is 1. The number of unbranched alkanes of at least 4 members (excludes halogenated alkanes) is 1. The van der Waals surface area contributed by atoms with E-state index in [9.17, 15) is 4.79 Å². The summed E-state index contributed by atoms with van der Waals surface area (Å²) in [6, 6.07) is 9.31. The van der Waals surface area contributed by atoms with Crippen molar-refractivity contribution in [3.05, 3.63) is 30.0 Å². The van der Waals surface area contributed by atoms with Gasteiger partial charge in [0.25, 0.3) is 0 Å². The molecular weight excluding hydrogens is 258 g/mol. The number of hydrogen-bond acceptors (Lipinski definition) is 5. The van der Waals surface area contributed by atoms with E-state index in [0.29, 0.717) is 37.2 Å². The van der Waals surface area contributed by atoms with Crippen molar-refractivity contribution in [1.29, 1.82) is 5.26 Å². The Morgan fingerprint density at radius 1 is 1.40 bits per heavy atom. The molecule has 1 aromatic heterocycles. The maximum absolute atomic E-state index is 10.9. The second-order valence-corrected chi connectivity index (χ2v) is 4.24. The van der Waals surface area contributed by atoms with Crippen molar-refractivity contribution in [2.75, 3.05) is 6.61 Å². The smallest absolute Gasteiger partial charge is 0.246 e. The predicted molar refractivity (Wildman–Crippen MR) is 72.6 cm³/mol. The molecule has 0 bridgehead atoms. The summed E-state index contributed by atoms with van der Waals surface area (Å²) in [5.41, 5.74) is 2.70. The fourth-order valence-electron chi connectivity index (χ4n) is 1.87. The highest BCUT2D eigenvalue weighted by Crippen LogP contribution is 2.32. The summed E-state index contributed by atoms with van der Waals surface area (Å²) in [5.74, 6) is 5.42. The normalized spacial score (nSPS) is 10.2. The van der Waals surface area contributed by atoms with Crippen molar-refractivity contribution in [1.82, 2.24) is 5.43 Å². The van der Waals surface area contributed by atoms with Crippen molar-refractivity contribution in [2.24, 2.45) is 5.84 Å². The Morgan fingerprint density at radius 3 is 2.95 bits per heavy atom. The molecule has 104 valence electrons. The minimum Gasteiger partial charge on any atom is -0.488 e. The van der Waals surface area contributed by atoms with Gasteiger partial charge >= 0.3 is 0 Å². The van der Waals surface area contributed by atoms with Crippen LogP contribution in [0.2, 0.25) is 0 Å². The topological polar surface area (TPSA) is 101 Å². The highest BCUT2D eigenvalue weighted by Gasteiger charge is 2.14. The minimum atomic E-state index is -0.198. The number of nitrogens with two attached hydrogens (primary N) is 1. The molecule has 0 saturated carbocycles. The molecule has 0 unspecified atom stereocenters. The summed E-state index contributed by atoms with van der Waals surface area (Å²) in [6.45, 7) is 0.413. The lowest BCUT2D eigenvalue weighted by Gasteiger charge is -2.04. The van der Waals surface area contributed by atoms with Crippen LogP contribution >= 0.6 is 0 Å². The predicted octanol–water partition coefficient (Wildman–Crippen LogP) is 1.84. The lowest BCUT2D eigenvalue weighted by molar-refractivity contribution is -0.121. The van der Waals surface area contributed by atoms with E-state index in [0.717, 1.165) is 5.39 Å². The molecule has 0 radical (unpaired) electrons. The molecule has 1 heterocycles. The van der Waals surface area contributed by atoms with Gasteiger partial charge in [0.15, 0.2) is 5.75 Å². The second kappa shape index (κ2) is 6.59. The number of fused-ring (bicyclic) bond motifs is 1. The zero-order chi connectivity index (χ0) is 14.4. The van der Waals surface area contributed by atoms with Crippen LogP contribution in [-0.2, 0) is 4.79 Å². The number of rotatable bonds is 6.